The zero-order valence-corrected chi connectivity index (χ0v) is 10.1. The van der Waals surface area contributed by atoms with E-state index < -0.39 is 0 Å². The van der Waals surface area contributed by atoms with Gasteiger partial charge in [0.25, 0.3) is 0 Å². The van der Waals surface area contributed by atoms with E-state index in [0.29, 0.717) is 6.10 Å². The first-order valence-corrected chi connectivity index (χ1v) is 6.62. The summed E-state index contributed by atoms with van der Waals surface area (Å²) in [7, 11) is 0. The van der Waals surface area contributed by atoms with Gasteiger partial charge in [-0.25, -0.2) is 0 Å². The highest BCUT2D eigenvalue weighted by Gasteiger charge is 2.16. The average molecular weight is 214 g/mol. The average Bonchev–Trinajstić information content (AvgIpc) is 2.14. The van der Waals surface area contributed by atoms with Crippen molar-refractivity contribution in [3.05, 3.63) is 0 Å². The van der Waals surface area contributed by atoms with Crippen LogP contribution in [0.2, 0.25) is 0 Å². The lowest BCUT2D eigenvalue weighted by Crippen LogP contribution is -2.26. The van der Waals surface area contributed by atoms with Crippen LogP contribution in [0, 0.1) is 0 Å². The molecule has 0 radical (unpaired) electrons. The van der Waals surface area contributed by atoms with Crippen LogP contribution in [0.15, 0.2) is 0 Å². The summed E-state index contributed by atoms with van der Waals surface area (Å²) in [6.07, 6.45) is 11.2. The van der Waals surface area contributed by atoms with Crippen LogP contribution in [0.3, 0.4) is 0 Å². The smallest absolute Gasteiger partial charge is 0.0597 e. The molecule has 0 bridgehead atoms. The fourth-order valence-electron chi connectivity index (χ4n) is 2.10. The predicted octanol–water partition coefficient (Wildman–Crippen LogP) is 3.28. The van der Waals surface area contributed by atoms with E-state index in [-0.39, 0.29) is 6.10 Å². The van der Waals surface area contributed by atoms with Crippen molar-refractivity contribution in [3.8, 4) is 0 Å². The van der Waals surface area contributed by atoms with Crippen molar-refractivity contribution in [1.29, 1.82) is 0 Å². The maximum atomic E-state index is 9.52. The summed E-state index contributed by atoms with van der Waals surface area (Å²) in [5.41, 5.74) is 0. The molecule has 1 fully saturated rings. The quantitative estimate of drug-likeness (QED) is 0.597. The lowest BCUT2D eigenvalue weighted by Gasteiger charge is -2.26. The molecule has 1 rings (SSSR count). The van der Waals surface area contributed by atoms with Crippen molar-refractivity contribution < 1.29 is 9.84 Å². The Morgan fingerprint density at radius 2 is 1.93 bits per heavy atom. The minimum Gasteiger partial charge on any atom is -0.393 e. The zero-order valence-electron chi connectivity index (χ0n) is 10.1. The van der Waals surface area contributed by atoms with E-state index in [0.717, 1.165) is 25.9 Å². The summed E-state index contributed by atoms with van der Waals surface area (Å²) < 4.78 is 5.37. The summed E-state index contributed by atoms with van der Waals surface area (Å²) in [5.74, 6) is 0. The molecule has 1 saturated heterocycles. The maximum absolute atomic E-state index is 9.52. The number of aliphatic hydroxyl groups excluding tert-OH is 1. The van der Waals surface area contributed by atoms with Gasteiger partial charge in [0, 0.05) is 6.61 Å². The highest BCUT2D eigenvalue weighted by molar-refractivity contribution is 4.66. The van der Waals surface area contributed by atoms with Gasteiger partial charge in [-0.2, -0.15) is 0 Å². The standard InChI is InChI=1S/C13H26O2/c1-2-7-12(14)8-5-3-4-6-9-13-10-11-15-13/h12-14H,2-11H2,1H3. The molecule has 90 valence electrons. The molecule has 0 saturated carbocycles. The van der Waals surface area contributed by atoms with E-state index in [9.17, 15) is 5.11 Å². The second kappa shape index (κ2) is 8.12. The Morgan fingerprint density at radius 1 is 1.20 bits per heavy atom. The Labute approximate surface area is 94.0 Å². The van der Waals surface area contributed by atoms with Crippen LogP contribution < -0.4 is 0 Å². The maximum Gasteiger partial charge on any atom is 0.0597 e. The molecule has 15 heavy (non-hydrogen) atoms. The minimum absolute atomic E-state index is 0.0510. The van der Waals surface area contributed by atoms with Crippen molar-refractivity contribution in [3.63, 3.8) is 0 Å². The molecule has 0 amide bonds. The normalized spacial score (nSPS) is 22.4. The molecule has 0 spiro atoms. The second-order valence-electron chi connectivity index (χ2n) is 4.72. The molecule has 2 nitrogen and oxygen atoms in total. The summed E-state index contributed by atoms with van der Waals surface area (Å²) >= 11 is 0. The van der Waals surface area contributed by atoms with Crippen molar-refractivity contribution >= 4 is 0 Å². The van der Waals surface area contributed by atoms with Crippen molar-refractivity contribution in [1.82, 2.24) is 0 Å². The molecular formula is C13H26O2. The lowest BCUT2D eigenvalue weighted by atomic mass is 10.0. The van der Waals surface area contributed by atoms with Crippen molar-refractivity contribution in [2.45, 2.75) is 76.9 Å². The van der Waals surface area contributed by atoms with E-state index in [1.165, 1.54) is 38.5 Å². The van der Waals surface area contributed by atoms with Gasteiger partial charge in [0.15, 0.2) is 0 Å². The van der Waals surface area contributed by atoms with E-state index in [1.54, 1.807) is 0 Å². The molecule has 1 heterocycles. The van der Waals surface area contributed by atoms with Gasteiger partial charge in [-0.15, -0.1) is 0 Å². The molecule has 2 atom stereocenters. The number of aliphatic hydroxyl groups is 1. The Morgan fingerprint density at radius 3 is 2.53 bits per heavy atom. The van der Waals surface area contributed by atoms with E-state index in [2.05, 4.69) is 6.92 Å². The fraction of sp³-hybridized carbons (Fsp3) is 1.00. The van der Waals surface area contributed by atoms with Crippen LogP contribution in [0.25, 0.3) is 0 Å². The van der Waals surface area contributed by atoms with E-state index in [4.69, 9.17) is 4.74 Å². The topological polar surface area (TPSA) is 29.5 Å². The number of unbranched alkanes of at least 4 members (excludes halogenated alkanes) is 3. The third-order valence-corrected chi connectivity index (χ3v) is 3.23. The minimum atomic E-state index is -0.0510. The first-order valence-electron chi connectivity index (χ1n) is 6.62. The van der Waals surface area contributed by atoms with E-state index >= 15 is 0 Å². The van der Waals surface area contributed by atoms with Crippen LogP contribution >= 0.6 is 0 Å². The summed E-state index contributed by atoms with van der Waals surface area (Å²) in [4.78, 5) is 0. The van der Waals surface area contributed by atoms with Crippen LogP contribution in [-0.4, -0.2) is 23.9 Å². The first kappa shape index (κ1) is 13.0. The number of rotatable bonds is 9. The molecule has 0 aromatic heterocycles. The zero-order chi connectivity index (χ0) is 10.9. The van der Waals surface area contributed by atoms with Gasteiger partial charge in [-0.1, -0.05) is 39.0 Å². The highest BCUT2D eigenvalue weighted by atomic mass is 16.5. The first-order chi connectivity index (χ1) is 7.33. The second-order valence-corrected chi connectivity index (χ2v) is 4.72. The molecule has 0 aromatic carbocycles. The Bertz CT molecular complexity index is 143. The molecule has 2 unspecified atom stereocenters. The van der Waals surface area contributed by atoms with Crippen molar-refractivity contribution in [2.75, 3.05) is 6.61 Å². The fourth-order valence-corrected chi connectivity index (χ4v) is 2.10. The summed E-state index contributed by atoms with van der Waals surface area (Å²) in [6.45, 7) is 3.11. The van der Waals surface area contributed by atoms with Crippen LogP contribution in [-0.2, 0) is 4.74 Å². The molecule has 1 aliphatic heterocycles. The number of hydrogen-bond acceptors (Lipinski definition) is 2. The Hall–Kier alpha value is -0.0800. The molecule has 1 N–H and O–H groups in total. The monoisotopic (exact) mass is 214 g/mol. The predicted molar refractivity (Wildman–Crippen MR) is 63.0 cm³/mol. The summed E-state index contributed by atoms with van der Waals surface area (Å²) in [5, 5.41) is 9.52. The SMILES string of the molecule is CCCC(O)CCCCCCC1CCO1. The Balaban J connectivity index is 1.76. The summed E-state index contributed by atoms with van der Waals surface area (Å²) in [6, 6.07) is 0. The largest absolute Gasteiger partial charge is 0.393 e. The van der Waals surface area contributed by atoms with Gasteiger partial charge in [-0.05, 0) is 25.7 Å². The van der Waals surface area contributed by atoms with Gasteiger partial charge in [0.2, 0.25) is 0 Å². The molecule has 1 aliphatic rings. The van der Waals surface area contributed by atoms with Gasteiger partial charge in [0.05, 0.1) is 12.2 Å². The lowest BCUT2D eigenvalue weighted by molar-refractivity contribution is -0.0556. The molecular weight excluding hydrogens is 188 g/mol. The third-order valence-electron chi connectivity index (χ3n) is 3.23. The highest BCUT2D eigenvalue weighted by Crippen LogP contribution is 2.18. The van der Waals surface area contributed by atoms with Gasteiger partial charge < -0.3 is 9.84 Å². The molecule has 0 aromatic rings. The van der Waals surface area contributed by atoms with E-state index in [1.807, 2.05) is 0 Å². The number of ether oxygens (including phenoxy) is 1. The van der Waals surface area contributed by atoms with Crippen molar-refractivity contribution in [2.24, 2.45) is 0 Å². The number of hydrogen-bond donors (Lipinski definition) is 1. The van der Waals surface area contributed by atoms with Gasteiger partial charge >= 0.3 is 0 Å². The van der Waals surface area contributed by atoms with Crippen LogP contribution in [0.5, 0.6) is 0 Å². The molecule has 2 heteroatoms. The van der Waals surface area contributed by atoms with Crippen LogP contribution in [0.1, 0.15) is 64.7 Å². The molecule has 0 aliphatic carbocycles. The van der Waals surface area contributed by atoms with Gasteiger partial charge in [0.1, 0.15) is 0 Å². The Kier molecular flexibility index (Phi) is 7.03. The van der Waals surface area contributed by atoms with Crippen LogP contribution in [0.4, 0.5) is 0 Å². The third kappa shape index (κ3) is 6.16. The van der Waals surface area contributed by atoms with Gasteiger partial charge in [-0.3, -0.25) is 0 Å².